The third-order valence-electron chi connectivity index (χ3n) is 2.94. The summed E-state index contributed by atoms with van der Waals surface area (Å²) in [7, 11) is 0. The summed E-state index contributed by atoms with van der Waals surface area (Å²) in [4.78, 5) is 0. The minimum Gasteiger partial charge on any atom is -0.374 e. The van der Waals surface area contributed by atoms with Gasteiger partial charge in [-0.1, -0.05) is 28.8 Å². The van der Waals surface area contributed by atoms with Crippen LogP contribution >= 0.6 is 15.9 Å². The molecule has 2 fully saturated rings. The Balaban J connectivity index is 1.92. The Morgan fingerprint density at radius 2 is 2.09 bits per heavy atom. The van der Waals surface area contributed by atoms with Gasteiger partial charge in [0.2, 0.25) is 0 Å². The van der Waals surface area contributed by atoms with E-state index in [-0.39, 0.29) is 0 Å². The first-order chi connectivity index (χ1) is 5.40. The summed E-state index contributed by atoms with van der Waals surface area (Å²) >= 11 is 3.48. The number of hydrogen-bond acceptors (Lipinski definition) is 1. The molecule has 3 atom stereocenters. The van der Waals surface area contributed by atoms with Gasteiger partial charge >= 0.3 is 0 Å². The van der Waals surface area contributed by atoms with E-state index in [4.69, 9.17) is 4.74 Å². The molecule has 1 nitrogen and oxygen atoms in total. The standard InChI is InChI=1S/C9H15BrO/c10-6-8-5-7-3-1-2-4-9(7)11-8/h7-9H,1-6H2/t7-,8+,9-/m1/s1. The van der Waals surface area contributed by atoms with E-state index < -0.39 is 0 Å². The maximum atomic E-state index is 5.87. The van der Waals surface area contributed by atoms with Crippen LogP contribution in [0.3, 0.4) is 0 Å². The zero-order chi connectivity index (χ0) is 7.68. The van der Waals surface area contributed by atoms with Crippen molar-refractivity contribution in [3.8, 4) is 0 Å². The maximum absolute atomic E-state index is 5.87. The average molecular weight is 219 g/mol. The Morgan fingerprint density at radius 1 is 1.27 bits per heavy atom. The van der Waals surface area contributed by atoms with E-state index in [1.807, 2.05) is 0 Å². The lowest BCUT2D eigenvalue weighted by Crippen LogP contribution is -2.20. The Hall–Kier alpha value is 0.440. The highest BCUT2D eigenvalue weighted by atomic mass is 79.9. The number of alkyl halides is 1. The second-order valence-electron chi connectivity index (χ2n) is 3.73. The summed E-state index contributed by atoms with van der Waals surface area (Å²) in [6.45, 7) is 0. The summed E-state index contributed by atoms with van der Waals surface area (Å²) in [5.41, 5.74) is 0. The van der Waals surface area contributed by atoms with Crippen molar-refractivity contribution in [2.45, 2.75) is 44.3 Å². The van der Waals surface area contributed by atoms with Gasteiger partial charge in [-0.05, 0) is 25.2 Å². The maximum Gasteiger partial charge on any atom is 0.0679 e. The first kappa shape index (κ1) is 8.06. The highest BCUT2D eigenvalue weighted by Gasteiger charge is 2.35. The zero-order valence-electron chi connectivity index (χ0n) is 6.76. The summed E-state index contributed by atoms with van der Waals surface area (Å²) in [6.07, 6.45) is 7.97. The average Bonchev–Trinajstić information content (AvgIpc) is 2.46. The molecule has 1 saturated heterocycles. The molecule has 1 heterocycles. The zero-order valence-corrected chi connectivity index (χ0v) is 8.35. The van der Waals surface area contributed by atoms with E-state index in [1.54, 1.807) is 0 Å². The van der Waals surface area contributed by atoms with Gasteiger partial charge in [-0.15, -0.1) is 0 Å². The van der Waals surface area contributed by atoms with E-state index >= 15 is 0 Å². The fourth-order valence-corrected chi connectivity index (χ4v) is 2.78. The lowest BCUT2D eigenvalue weighted by molar-refractivity contribution is 0.0296. The van der Waals surface area contributed by atoms with Crippen LogP contribution in [0.2, 0.25) is 0 Å². The smallest absolute Gasteiger partial charge is 0.0679 e. The Morgan fingerprint density at radius 3 is 2.82 bits per heavy atom. The second-order valence-corrected chi connectivity index (χ2v) is 4.38. The summed E-state index contributed by atoms with van der Waals surface area (Å²) in [6, 6.07) is 0. The third-order valence-corrected chi connectivity index (χ3v) is 3.67. The lowest BCUT2D eigenvalue weighted by Gasteiger charge is -2.23. The number of ether oxygens (including phenoxy) is 1. The summed E-state index contributed by atoms with van der Waals surface area (Å²) in [5.74, 6) is 0.895. The Bertz CT molecular complexity index is 124. The quantitative estimate of drug-likeness (QED) is 0.616. The van der Waals surface area contributed by atoms with Crippen LogP contribution < -0.4 is 0 Å². The monoisotopic (exact) mass is 218 g/mol. The predicted octanol–water partition coefficient (Wildman–Crippen LogP) is 2.73. The van der Waals surface area contributed by atoms with Crippen LogP contribution in [0, 0.1) is 5.92 Å². The SMILES string of the molecule is BrC[C@@H]1C[C@H]2CCCC[C@H]2O1. The Labute approximate surface area is 76.6 Å². The van der Waals surface area contributed by atoms with E-state index in [0.717, 1.165) is 11.2 Å². The van der Waals surface area contributed by atoms with E-state index in [0.29, 0.717) is 12.2 Å². The molecule has 64 valence electrons. The number of rotatable bonds is 1. The predicted molar refractivity (Wildman–Crippen MR) is 49.0 cm³/mol. The fraction of sp³-hybridized carbons (Fsp3) is 1.00. The lowest BCUT2D eigenvalue weighted by atomic mass is 9.86. The molecule has 0 N–H and O–H groups in total. The molecule has 2 aliphatic rings. The fourth-order valence-electron chi connectivity index (χ4n) is 2.36. The van der Waals surface area contributed by atoms with Gasteiger partial charge in [0, 0.05) is 5.33 Å². The van der Waals surface area contributed by atoms with Crippen LogP contribution in [0.25, 0.3) is 0 Å². The Kier molecular flexibility index (Phi) is 2.52. The van der Waals surface area contributed by atoms with Crippen molar-refractivity contribution in [3.63, 3.8) is 0 Å². The van der Waals surface area contributed by atoms with Gasteiger partial charge < -0.3 is 4.74 Å². The molecule has 0 spiro atoms. The van der Waals surface area contributed by atoms with Crippen molar-refractivity contribution in [3.05, 3.63) is 0 Å². The molecule has 1 saturated carbocycles. The van der Waals surface area contributed by atoms with Gasteiger partial charge in [0.05, 0.1) is 12.2 Å². The van der Waals surface area contributed by atoms with E-state index in [9.17, 15) is 0 Å². The normalized spacial score (nSPS) is 43.9. The van der Waals surface area contributed by atoms with Gasteiger partial charge in [-0.3, -0.25) is 0 Å². The first-order valence-corrected chi connectivity index (χ1v) is 5.73. The topological polar surface area (TPSA) is 9.23 Å². The van der Waals surface area contributed by atoms with Crippen LogP contribution in [0.4, 0.5) is 0 Å². The van der Waals surface area contributed by atoms with Gasteiger partial charge in [0.25, 0.3) is 0 Å². The van der Waals surface area contributed by atoms with Crippen LogP contribution in [0.15, 0.2) is 0 Å². The first-order valence-electron chi connectivity index (χ1n) is 4.61. The number of halogens is 1. The number of hydrogen-bond donors (Lipinski definition) is 0. The van der Waals surface area contributed by atoms with Crippen LogP contribution in [0.5, 0.6) is 0 Å². The van der Waals surface area contributed by atoms with Crippen molar-refractivity contribution in [1.29, 1.82) is 0 Å². The summed E-state index contributed by atoms with van der Waals surface area (Å²) < 4.78 is 5.87. The molecule has 0 unspecified atom stereocenters. The van der Waals surface area contributed by atoms with Crippen LogP contribution in [-0.4, -0.2) is 17.5 Å². The molecular formula is C9H15BrO. The van der Waals surface area contributed by atoms with Gasteiger partial charge in [-0.2, -0.15) is 0 Å². The molecule has 0 amide bonds. The molecule has 0 aromatic carbocycles. The second kappa shape index (κ2) is 3.44. The molecule has 0 radical (unpaired) electrons. The highest BCUT2D eigenvalue weighted by Crippen LogP contribution is 2.37. The third kappa shape index (κ3) is 1.62. The minimum atomic E-state index is 0.517. The molecule has 0 bridgehead atoms. The molecule has 11 heavy (non-hydrogen) atoms. The van der Waals surface area contributed by atoms with Crippen molar-refractivity contribution in [2.75, 3.05) is 5.33 Å². The molecule has 0 aromatic rings. The van der Waals surface area contributed by atoms with Crippen molar-refractivity contribution >= 4 is 15.9 Å². The van der Waals surface area contributed by atoms with Gasteiger partial charge in [-0.25, -0.2) is 0 Å². The van der Waals surface area contributed by atoms with Crippen molar-refractivity contribution < 1.29 is 4.74 Å². The minimum absolute atomic E-state index is 0.517. The molecule has 2 rings (SSSR count). The summed E-state index contributed by atoms with van der Waals surface area (Å²) in [5, 5.41) is 1.03. The van der Waals surface area contributed by atoms with E-state index in [2.05, 4.69) is 15.9 Å². The largest absolute Gasteiger partial charge is 0.374 e. The van der Waals surface area contributed by atoms with Crippen molar-refractivity contribution in [2.24, 2.45) is 5.92 Å². The van der Waals surface area contributed by atoms with E-state index in [1.165, 1.54) is 32.1 Å². The molecule has 1 aliphatic heterocycles. The molecule has 2 heteroatoms. The number of fused-ring (bicyclic) bond motifs is 1. The highest BCUT2D eigenvalue weighted by molar-refractivity contribution is 9.09. The van der Waals surface area contributed by atoms with Gasteiger partial charge in [0.1, 0.15) is 0 Å². The van der Waals surface area contributed by atoms with Gasteiger partial charge in [0.15, 0.2) is 0 Å². The van der Waals surface area contributed by atoms with Crippen molar-refractivity contribution in [1.82, 2.24) is 0 Å². The molecular weight excluding hydrogens is 204 g/mol. The van der Waals surface area contributed by atoms with Crippen LogP contribution in [0.1, 0.15) is 32.1 Å². The van der Waals surface area contributed by atoms with Crippen LogP contribution in [-0.2, 0) is 4.74 Å². The molecule has 1 aliphatic carbocycles. The molecule has 0 aromatic heterocycles.